The molecule has 4 rings (SSSR count). The zero-order valence-corrected chi connectivity index (χ0v) is 23.9. The second kappa shape index (κ2) is 13.4. The molecule has 0 saturated heterocycles. The van der Waals surface area contributed by atoms with E-state index in [1.807, 2.05) is 52.9 Å². The smallest absolute Gasteiger partial charge is 0.247 e. The van der Waals surface area contributed by atoms with Crippen molar-refractivity contribution in [3.05, 3.63) is 68.8 Å². The highest BCUT2D eigenvalue weighted by molar-refractivity contribution is 14.1. The number of aldehydes is 1. The number of hydrogen-bond acceptors (Lipinski definition) is 7. The van der Waals surface area contributed by atoms with Crippen molar-refractivity contribution in [2.24, 2.45) is 5.92 Å². The van der Waals surface area contributed by atoms with Gasteiger partial charge < -0.3 is 29.9 Å². The Kier molecular flexibility index (Phi) is 9.98. The van der Waals surface area contributed by atoms with Crippen LogP contribution in [-0.2, 0) is 16.0 Å². The first-order valence-electron chi connectivity index (χ1n) is 12.9. The van der Waals surface area contributed by atoms with Crippen LogP contribution in [0.25, 0.3) is 0 Å². The standard InChI is InChI=1S/C29H33IN2O7/c1-38-25-12-20(17-34)11-22(30)28(25)39-24-15-21(29(37)31-9-10-33)14-23(27(24)36)32(16-19-7-8-19)26(35)13-18-5-3-2-4-6-18/h2-6,11-12,15,17,19,23-24,27,33,36H,7-10,13-14,16H2,1H3,(H,31,37)/t23-,24+,27+/m1/s1. The minimum absolute atomic E-state index is 0.0759. The predicted octanol–water partition coefficient (Wildman–Crippen LogP) is 2.51. The summed E-state index contributed by atoms with van der Waals surface area (Å²) in [5, 5.41) is 23.5. The summed E-state index contributed by atoms with van der Waals surface area (Å²) in [6.45, 7) is 0.347. The van der Waals surface area contributed by atoms with Crippen LogP contribution in [0.2, 0.25) is 0 Å². The summed E-state index contributed by atoms with van der Waals surface area (Å²) in [4.78, 5) is 39.7. The Hall–Kier alpha value is -2.96. The van der Waals surface area contributed by atoms with Crippen LogP contribution in [0, 0.1) is 9.49 Å². The zero-order chi connectivity index (χ0) is 27.9. The lowest BCUT2D eigenvalue weighted by Crippen LogP contribution is -2.56. The molecule has 0 aromatic heterocycles. The van der Waals surface area contributed by atoms with Crippen molar-refractivity contribution >= 4 is 40.7 Å². The number of ether oxygens (including phenoxy) is 2. The highest BCUT2D eigenvalue weighted by Gasteiger charge is 2.42. The maximum Gasteiger partial charge on any atom is 0.247 e. The number of amides is 2. The van der Waals surface area contributed by atoms with Gasteiger partial charge in [0.1, 0.15) is 18.5 Å². The average Bonchev–Trinajstić information content (AvgIpc) is 3.77. The van der Waals surface area contributed by atoms with Gasteiger partial charge in [0.2, 0.25) is 11.8 Å². The first kappa shape index (κ1) is 29.0. The molecule has 2 aliphatic carbocycles. The number of nitrogens with one attached hydrogen (secondary N) is 1. The molecule has 208 valence electrons. The molecule has 0 spiro atoms. The summed E-state index contributed by atoms with van der Waals surface area (Å²) in [6, 6.07) is 11.9. The van der Waals surface area contributed by atoms with Gasteiger partial charge >= 0.3 is 0 Å². The van der Waals surface area contributed by atoms with Gasteiger partial charge in [0.05, 0.1) is 29.7 Å². The maximum absolute atomic E-state index is 13.6. The molecule has 0 radical (unpaired) electrons. The predicted molar refractivity (Wildman–Crippen MR) is 153 cm³/mol. The van der Waals surface area contributed by atoms with Crippen LogP contribution in [0.15, 0.2) is 54.1 Å². The SMILES string of the molecule is COc1cc(C=O)cc(I)c1O[C@H]1C=C(C(=O)NCCO)C[C@@H](N(CC2CC2)C(=O)Cc2ccccc2)[C@@H]1O. The quantitative estimate of drug-likeness (QED) is 0.239. The van der Waals surface area contributed by atoms with Gasteiger partial charge in [0.25, 0.3) is 0 Å². The second-order valence-electron chi connectivity index (χ2n) is 9.82. The lowest BCUT2D eigenvalue weighted by atomic mass is 9.87. The summed E-state index contributed by atoms with van der Waals surface area (Å²) in [5.74, 6) is 0.465. The number of aliphatic hydroxyl groups excluding tert-OH is 2. The minimum atomic E-state index is -1.14. The third-order valence-electron chi connectivity index (χ3n) is 6.93. The van der Waals surface area contributed by atoms with E-state index in [2.05, 4.69) is 5.32 Å². The monoisotopic (exact) mass is 648 g/mol. The number of halogens is 1. The van der Waals surface area contributed by atoms with Gasteiger partial charge in [-0.25, -0.2) is 0 Å². The van der Waals surface area contributed by atoms with Gasteiger partial charge in [0.15, 0.2) is 11.5 Å². The molecule has 0 aliphatic heterocycles. The minimum Gasteiger partial charge on any atom is -0.493 e. The molecule has 2 aliphatic rings. The number of rotatable bonds is 12. The Balaban J connectivity index is 1.67. The Morgan fingerprint density at radius 1 is 1.21 bits per heavy atom. The lowest BCUT2D eigenvalue weighted by molar-refractivity contribution is -0.138. The summed E-state index contributed by atoms with van der Waals surface area (Å²) >= 11 is 2.03. The van der Waals surface area contributed by atoms with Crippen molar-refractivity contribution in [2.45, 2.75) is 43.9 Å². The normalized spacial score (nSPS) is 20.5. The molecule has 1 saturated carbocycles. The zero-order valence-electron chi connectivity index (χ0n) is 21.7. The highest BCUT2D eigenvalue weighted by atomic mass is 127. The topological polar surface area (TPSA) is 125 Å². The van der Waals surface area contributed by atoms with E-state index in [1.54, 1.807) is 23.1 Å². The van der Waals surface area contributed by atoms with Gasteiger partial charge in [-0.15, -0.1) is 0 Å². The fraction of sp³-hybridized carbons (Fsp3) is 0.414. The fourth-order valence-corrected chi connectivity index (χ4v) is 5.46. The number of carbonyl (C=O) groups excluding carboxylic acids is 3. The van der Waals surface area contributed by atoms with E-state index in [-0.39, 0.29) is 31.9 Å². The first-order valence-corrected chi connectivity index (χ1v) is 14.0. The molecule has 1 fully saturated rings. The molecule has 3 atom stereocenters. The molecule has 2 aromatic carbocycles. The molecule has 2 amide bonds. The van der Waals surface area contributed by atoms with Crippen molar-refractivity contribution in [1.82, 2.24) is 10.2 Å². The number of methoxy groups -OCH3 is 1. The molecular weight excluding hydrogens is 615 g/mol. The van der Waals surface area contributed by atoms with Gasteiger partial charge in [-0.3, -0.25) is 14.4 Å². The Morgan fingerprint density at radius 2 is 1.95 bits per heavy atom. The average molecular weight is 648 g/mol. The molecule has 39 heavy (non-hydrogen) atoms. The molecule has 0 unspecified atom stereocenters. The van der Waals surface area contributed by atoms with Gasteiger partial charge in [-0.1, -0.05) is 30.3 Å². The Morgan fingerprint density at radius 3 is 2.59 bits per heavy atom. The number of hydrogen-bond donors (Lipinski definition) is 3. The van der Waals surface area contributed by atoms with Crippen molar-refractivity contribution < 1.29 is 34.1 Å². The largest absolute Gasteiger partial charge is 0.493 e. The van der Waals surface area contributed by atoms with Crippen molar-refractivity contribution in [3.63, 3.8) is 0 Å². The lowest BCUT2D eigenvalue weighted by Gasteiger charge is -2.41. The van der Waals surface area contributed by atoms with E-state index >= 15 is 0 Å². The molecular formula is C29H33IN2O7. The van der Waals surface area contributed by atoms with Crippen LogP contribution in [-0.4, -0.2) is 78.3 Å². The summed E-state index contributed by atoms with van der Waals surface area (Å²) < 4.78 is 12.3. The molecule has 10 heteroatoms. The van der Waals surface area contributed by atoms with Gasteiger partial charge in [0, 0.05) is 30.6 Å². The van der Waals surface area contributed by atoms with Gasteiger partial charge in [-0.2, -0.15) is 0 Å². The van der Waals surface area contributed by atoms with E-state index in [1.165, 1.54) is 7.11 Å². The second-order valence-corrected chi connectivity index (χ2v) is 11.0. The van der Waals surface area contributed by atoms with E-state index in [4.69, 9.17) is 9.47 Å². The maximum atomic E-state index is 13.6. The summed E-state index contributed by atoms with van der Waals surface area (Å²) in [5.41, 5.74) is 1.63. The van der Waals surface area contributed by atoms with Crippen molar-refractivity contribution in [1.29, 1.82) is 0 Å². The third-order valence-corrected chi connectivity index (χ3v) is 7.73. The molecule has 3 N–H and O–H groups in total. The first-order chi connectivity index (χ1) is 18.8. The number of nitrogens with zero attached hydrogens (tertiary/aromatic N) is 1. The number of aliphatic hydroxyl groups is 2. The molecule has 0 bridgehead atoms. The molecule has 9 nitrogen and oxygen atoms in total. The van der Waals surface area contributed by atoms with E-state index in [9.17, 15) is 24.6 Å². The Bertz CT molecular complexity index is 1220. The number of benzene rings is 2. The van der Waals surface area contributed by atoms with Crippen LogP contribution in [0.1, 0.15) is 35.2 Å². The summed E-state index contributed by atoms with van der Waals surface area (Å²) in [7, 11) is 1.45. The summed E-state index contributed by atoms with van der Waals surface area (Å²) in [6.07, 6.45) is 2.50. The van der Waals surface area contributed by atoms with Crippen LogP contribution in [0.4, 0.5) is 0 Å². The van der Waals surface area contributed by atoms with Crippen molar-refractivity contribution in [2.75, 3.05) is 26.8 Å². The highest BCUT2D eigenvalue weighted by Crippen LogP contribution is 2.38. The molecule has 2 aromatic rings. The fourth-order valence-electron chi connectivity index (χ4n) is 4.71. The van der Waals surface area contributed by atoms with Crippen LogP contribution in [0.5, 0.6) is 11.5 Å². The van der Waals surface area contributed by atoms with Crippen molar-refractivity contribution in [3.8, 4) is 11.5 Å². The third kappa shape index (κ3) is 7.37. The van der Waals surface area contributed by atoms with E-state index in [0.717, 1.165) is 18.4 Å². The number of carbonyl (C=O) groups is 3. The van der Waals surface area contributed by atoms with Crippen LogP contribution in [0.3, 0.4) is 0 Å². The van der Waals surface area contributed by atoms with Crippen LogP contribution < -0.4 is 14.8 Å². The molecule has 0 heterocycles. The van der Waals surface area contributed by atoms with E-state index in [0.29, 0.717) is 45.0 Å². The van der Waals surface area contributed by atoms with Crippen LogP contribution >= 0.6 is 22.6 Å². The van der Waals surface area contributed by atoms with Gasteiger partial charge in [-0.05, 0) is 65.1 Å². The van der Waals surface area contributed by atoms with E-state index < -0.39 is 24.2 Å². The Labute approximate surface area is 241 Å².